The largest absolute Gasteiger partial charge is 0.491 e. The molecule has 5 rings (SSSR count). The van der Waals surface area contributed by atoms with Crippen molar-refractivity contribution in [2.45, 2.75) is 33.3 Å². The Balaban J connectivity index is 1.31. The zero-order chi connectivity index (χ0) is 29.3. The van der Waals surface area contributed by atoms with E-state index in [4.69, 9.17) is 9.47 Å². The van der Waals surface area contributed by atoms with Crippen LogP contribution in [0.15, 0.2) is 83.8 Å². The number of aromatic nitrogens is 3. The third-order valence-corrected chi connectivity index (χ3v) is 6.67. The van der Waals surface area contributed by atoms with Crippen molar-refractivity contribution in [2.75, 3.05) is 11.9 Å². The summed E-state index contributed by atoms with van der Waals surface area (Å²) in [7, 11) is 1.76. The van der Waals surface area contributed by atoms with Crippen molar-refractivity contribution in [1.82, 2.24) is 14.3 Å². The number of aryl methyl sites for hydroxylation is 1. The number of fused-ring (bicyclic) bond motifs is 1. The zero-order valence-electron chi connectivity index (χ0n) is 23.6. The lowest BCUT2D eigenvalue weighted by atomic mass is 10.1. The van der Waals surface area contributed by atoms with Gasteiger partial charge in [-0.2, -0.15) is 0 Å². The maximum atomic E-state index is 13.2. The first kappa shape index (κ1) is 27.7. The number of aliphatic hydroxyl groups is 1. The van der Waals surface area contributed by atoms with E-state index in [9.17, 15) is 14.7 Å². The van der Waals surface area contributed by atoms with Gasteiger partial charge in [0.05, 0.1) is 22.5 Å². The van der Waals surface area contributed by atoms with Crippen molar-refractivity contribution in [3.05, 3.63) is 106 Å². The third kappa shape index (κ3) is 6.00. The normalized spacial score (nSPS) is 11.5. The van der Waals surface area contributed by atoms with Crippen LogP contribution in [0.3, 0.4) is 0 Å². The number of nitrogens with zero attached hydrogens (tertiary/aromatic N) is 3. The highest BCUT2D eigenvalue weighted by Gasteiger charge is 2.22. The minimum Gasteiger partial charge on any atom is -0.491 e. The molecule has 2 N–H and O–H groups in total. The average Bonchev–Trinajstić information content (AvgIpc) is 3.16. The summed E-state index contributed by atoms with van der Waals surface area (Å²) in [6, 6.07) is 21.7. The molecule has 0 atom stereocenters. The monoisotopic (exact) mass is 552 g/mol. The molecule has 0 fully saturated rings. The minimum absolute atomic E-state index is 0.0857. The van der Waals surface area contributed by atoms with Crippen molar-refractivity contribution in [3.63, 3.8) is 0 Å². The number of carbonyl (C=O) groups is 1. The highest BCUT2D eigenvalue weighted by molar-refractivity contribution is 6.05. The van der Waals surface area contributed by atoms with Crippen LogP contribution in [0.2, 0.25) is 0 Å². The summed E-state index contributed by atoms with van der Waals surface area (Å²) in [5, 5.41) is 13.5. The molecule has 0 spiro atoms. The third-order valence-electron chi connectivity index (χ3n) is 6.67. The fourth-order valence-electron chi connectivity index (χ4n) is 4.41. The molecular formula is C32H32N4O5. The van der Waals surface area contributed by atoms with E-state index in [1.54, 1.807) is 81.2 Å². The lowest BCUT2D eigenvalue weighted by Gasteiger charge is -2.18. The fourth-order valence-corrected chi connectivity index (χ4v) is 4.41. The number of carbonyl (C=O) groups excluding carboxylic acids is 1. The number of benzene rings is 3. The van der Waals surface area contributed by atoms with Crippen LogP contribution >= 0.6 is 0 Å². The first-order valence-electron chi connectivity index (χ1n) is 13.2. The molecular weight excluding hydrogens is 520 g/mol. The Kier molecular flexibility index (Phi) is 7.38. The molecule has 210 valence electrons. The van der Waals surface area contributed by atoms with Crippen LogP contribution in [-0.2, 0) is 7.05 Å². The average molecular weight is 553 g/mol. The molecule has 9 nitrogen and oxygen atoms in total. The van der Waals surface area contributed by atoms with Gasteiger partial charge in [-0.3, -0.25) is 19.3 Å². The molecule has 0 saturated heterocycles. The number of ether oxygens (including phenoxy) is 2. The van der Waals surface area contributed by atoms with Gasteiger partial charge in [-0.15, -0.1) is 0 Å². The summed E-state index contributed by atoms with van der Waals surface area (Å²) in [6.45, 7) is 7.24. The van der Waals surface area contributed by atoms with Crippen molar-refractivity contribution in [1.29, 1.82) is 0 Å². The minimum atomic E-state index is -0.945. The second-order valence-electron chi connectivity index (χ2n) is 10.6. The summed E-state index contributed by atoms with van der Waals surface area (Å²) in [4.78, 5) is 30.8. The Bertz CT molecular complexity index is 1780. The fraction of sp³-hybridized carbons (Fsp3) is 0.219. The van der Waals surface area contributed by atoms with Crippen molar-refractivity contribution >= 4 is 22.5 Å². The number of anilines is 1. The lowest BCUT2D eigenvalue weighted by molar-refractivity contribution is 0.0285. The van der Waals surface area contributed by atoms with E-state index < -0.39 is 11.5 Å². The number of nitrogens with one attached hydrogen (secondary N) is 1. The number of hydrogen-bond acceptors (Lipinski definition) is 6. The smallest absolute Gasteiger partial charge is 0.284 e. The molecule has 0 saturated carbocycles. The molecule has 0 unspecified atom stereocenters. The molecule has 0 aliphatic carbocycles. The van der Waals surface area contributed by atoms with Crippen LogP contribution in [0, 0.1) is 13.8 Å². The second kappa shape index (κ2) is 10.9. The van der Waals surface area contributed by atoms with Gasteiger partial charge in [0.15, 0.2) is 0 Å². The molecule has 2 aromatic heterocycles. The molecule has 1 amide bonds. The molecule has 0 radical (unpaired) electrons. The summed E-state index contributed by atoms with van der Waals surface area (Å²) in [5.74, 6) is 1.29. The Morgan fingerprint density at radius 2 is 1.66 bits per heavy atom. The summed E-state index contributed by atoms with van der Waals surface area (Å²) < 4.78 is 15.0. The predicted molar refractivity (Wildman–Crippen MR) is 158 cm³/mol. The van der Waals surface area contributed by atoms with E-state index in [2.05, 4.69) is 10.3 Å². The summed E-state index contributed by atoms with van der Waals surface area (Å²) >= 11 is 0. The lowest BCUT2D eigenvalue weighted by Crippen LogP contribution is -2.27. The van der Waals surface area contributed by atoms with Crippen molar-refractivity contribution in [3.8, 4) is 22.9 Å². The first-order chi connectivity index (χ1) is 19.5. The van der Waals surface area contributed by atoms with Gasteiger partial charge in [0.1, 0.15) is 29.4 Å². The summed E-state index contributed by atoms with van der Waals surface area (Å²) in [5.41, 5.74) is 2.30. The Labute approximate surface area is 237 Å². The van der Waals surface area contributed by atoms with E-state index in [1.807, 2.05) is 37.3 Å². The van der Waals surface area contributed by atoms with Gasteiger partial charge in [-0.05, 0) is 82.3 Å². The molecule has 0 bridgehead atoms. The van der Waals surface area contributed by atoms with Crippen LogP contribution in [-0.4, -0.2) is 37.6 Å². The van der Waals surface area contributed by atoms with Gasteiger partial charge >= 0.3 is 0 Å². The van der Waals surface area contributed by atoms with Crippen LogP contribution < -0.4 is 20.3 Å². The predicted octanol–water partition coefficient (Wildman–Crippen LogP) is 5.54. The standard InChI is InChI=1S/C32H32N4O5/c1-20-6-10-23(11-7-20)36-31(38)29(21(2)35(36)5)30(37)34-22-8-12-24(13-9-22)41-28-16-17-33-27-18-25(14-15-26(27)28)40-19-32(3,4)39/h6-18,39H,19H2,1-5H3,(H,34,37). The van der Waals surface area contributed by atoms with Gasteiger partial charge in [0.2, 0.25) is 0 Å². The van der Waals surface area contributed by atoms with E-state index in [1.165, 1.54) is 4.68 Å². The zero-order valence-corrected chi connectivity index (χ0v) is 23.6. The van der Waals surface area contributed by atoms with E-state index in [0.29, 0.717) is 39.8 Å². The molecule has 0 aliphatic heterocycles. The van der Waals surface area contributed by atoms with Crippen molar-refractivity contribution in [2.24, 2.45) is 7.05 Å². The molecule has 5 aromatic rings. The SMILES string of the molecule is Cc1ccc(-n2c(=O)c(C(=O)Nc3ccc(Oc4ccnc5cc(OCC(C)(C)O)ccc45)cc3)c(C)n2C)cc1. The maximum Gasteiger partial charge on any atom is 0.284 e. The number of pyridine rings is 1. The molecule has 9 heteroatoms. The van der Waals surface area contributed by atoms with Gasteiger partial charge in [-0.25, -0.2) is 4.68 Å². The van der Waals surface area contributed by atoms with E-state index in [0.717, 1.165) is 10.9 Å². The van der Waals surface area contributed by atoms with E-state index in [-0.39, 0.29) is 17.7 Å². The van der Waals surface area contributed by atoms with Crippen LogP contribution in [0.4, 0.5) is 5.69 Å². The topological polar surface area (TPSA) is 108 Å². The summed E-state index contributed by atoms with van der Waals surface area (Å²) in [6.07, 6.45) is 1.65. The Morgan fingerprint density at radius 1 is 0.976 bits per heavy atom. The number of amides is 1. The van der Waals surface area contributed by atoms with Gasteiger partial charge in [0.25, 0.3) is 11.5 Å². The van der Waals surface area contributed by atoms with Crippen LogP contribution in [0.5, 0.6) is 17.2 Å². The molecule has 0 aliphatic rings. The van der Waals surface area contributed by atoms with Gasteiger partial charge < -0.3 is 19.9 Å². The second-order valence-corrected chi connectivity index (χ2v) is 10.6. The highest BCUT2D eigenvalue weighted by Crippen LogP contribution is 2.31. The van der Waals surface area contributed by atoms with E-state index >= 15 is 0 Å². The molecule has 3 aromatic carbocycles. The number of hydrogen-bond donors (Lipinski definition) is 2. The Morgan fingerprint density at radius 3 is 2.34 bits per heavy atom. The van der Waals surface area contributed by atoms with Crippen LogP contribution in [0.1, 0.15) is 35.5 Å². The molecule has 2 heterocycles. The Hall–Kier alpha value is -4.89. The molecule has 41 heavy (non-hydrogen) atoms. The van der Waals surface area contributed by atoms with Crippen molar-refractivity contribution < 1.29 is 19.4 Å². The van der Waals surface area contributed by atoms with Crippen LogP contribution in [0.25, 0.3) is 16.6 Å². The number of rotatable bonds is 8. The van der Waals surface area contributed by atoms with Gasteiger partial charge in [-0.1, -0.05) is 17.7 Å². The quantitative estimate of drug-likeness (QED) is 0.262. The highest BCUT2D eigenvalue weighted by atomic mass is 16.5. The maximum absolute atomic E-state index is 13.2. The first-order valence-corrected chi connectivity index (χ1v) is 13.2. The van der Waals surface area contributed by atoms with Gasteiger partial charge in [0, 0.05) is 30.4 Å².